The molecule has 0 unspecified atom stereocenters. The van der Waals surface area contributed by atoms with Gasteiger partial charge in [0, 0.05) is 0 Å². The Morgan fingerprint density at radius 3 is 2.62 bits per heavy atom. The van der Waals surface area contributed by atoms with Crippen LogP contribution in [0.4, 0.5) is 0 Å². The maximum absolute atomic E-state index is 10.4. The summed E-state index contributed by atoms with van der Waals surface area (Å²) in [5.41, 5.74) is 4.25. The van der Waals surface area contributed by atoms with Gasteiger partial charge >= 0.3 is 95.1 Å². The van der Waals surface area contributed by atoms with E-state index in [1.807, 2.05) is 24.3 Å². The molecule has 0 amide bonds. The molecule has 0 saturated carbocycles. The van der Waals surface area contributed by atoms with E-state index in [-0.39, 0.29) is 0 Å². The van der Waals surface area contributed by atoms with E-state index in [0.29, 0.717) is 6.32 Å². The van der Waals surface area contributed by atoms with Crippen LogP contribution in [-0.4, -0.2) is 12.1 Å². The van der Waals surface area contributed by atoms with Crippen LogP contribution in [0.5, 0.6) is 0 Å². The Balaban J connectivity index is 2.35. The van der Waals surface area contributed by atoms with Crippen molar-refractivity contribution < 1.29 is 4.70 Å². The zero-order valence-electron chi connectivity index (χ0n) is 9.18. The molecule has 2 aromatic rings. The molecule has 0 N–H and O–H groups in total. The Morgan fingerprint density at radius 1 is 1.19 bits per heavy atom. The van der Waals surface area contributed by atoms with Crippen molar-refractivity contribution in [3.8, 4) is 11.3 Å². The molecule has 2 nitrogen and oxygen atoms in total. The minimum atomic E-state index is 0.432. The predicted octanol–water partition coefficient (Wildman–Crippen LogP) is 2.61. The van der Waals surface area contributed by atoms with E-state index in [1.54, 1.807) is 6.20 Å². The number of aryl methyl sites for hydroxylation is 1. The van der Waals surface area contributed by atoms with Gasteiger partial charge in [-0.2, -0.15) is 0 Å². The monoisotopic (exact) mass is 209 g/mol. The maximum atomic E-state index is 10.4. The molecule has 0 aliphatic carbocycles. The quantitative estimate of drug-likeness (QED) is 0.727. The van der Waals surface area contributed by atoms with Crippen molar-refractivity contribution in [2.45, 2.75) is 13.2 Å². The van der Waals surface area contributed by atoms with Crippen LogP contribution in [-0.2, 0) is 11.0 Å². The molecule has 1 heterocycles. The summed E-state index contributed by atoms with van der Waals surface area (Å²) in [7, 11) is 0.893. The number of hydrogen-bond acceptors (Lipinski definition) is 2. The van der Waals surface area contributed by atoms with Gasteiger partial charge in [-0.25, -0.2) is 0 Å². The summed E-state index contributed by atoms with van der Waals surface area (Å²) >= 11 is 0. The number of rotatable bonds is 3. The molecule has 0 aliphatic rings. The molecule has 0 radical (unpaired) electrons. The van der Waals surface area contributed by atoms with Gasteiger partial charge in [0.2, 0.25) is 0 Å². The van der Waals surface area contributed by atoms with Crippen molar-refractivity contribution in [1.82, 2.24) is 4.98 Å². The van der Waals surface area contributed by atoms with E-state index in [2.05, 4.69) is 24.0 Å². The molecular formula is C13H12BNO. The molecule has 0 aliphatic heterocycles. The second-order valence-corrected chi connectivity index (χ2v) is 3.74. The zero-order valence-corrected chi connectivity index (χ0v) is 9.18. The molecule has 0 atom stereocenters. The van der Waals surface area contributed by atoms with Crippen LogP contribution in [0.3, 0.4) is 0 Å². The van der Waals surface area contributed by atoms with Gasteiger partial charge in [-0.3, -0.25) is 0 Å². The van der Waals surface area contributed by atoms with Crippen LogP contribution in [0, 0.1) is 6.92 Å². The molecular weight excluding hydrogens is 197 g/mol. The van der Waals surface area contributed by atoms with Crippen LogP contribution in [0.2, 0.25) is 0 Å². The predicted molar refractivity (Wildman–Crippen MR) is 64.6 cm³/mol. The van der Waals surface area contributed by atoms with E-state index in [4.69, 9.17) is 0 Å². The fourth-order valence-corrected chi connectivity index (χ4v) is 1.66. The molecule has 3 heteroatoms. The Hall–Kier alpha value is -1.77. The van der Waals surface area contributed by atoms with Gasteiger partial charge in [-0.15, -0.1) is 0 Å². The van der Waals surface area contributed by atoms with Gasteiger partial charge in [0.15, 0.2) is 0 Å². The first-order valence-corrected chi connectivity index (χ1v) is 5.26. The fourth-order valence-electron chi connectivity index (χ4n) is 1.66. The van der Waals surface area contributed by atoms with Crippen molar-refractivity contribution in [2.75, 3.05) is 0 Å². The number of aromatic nitrogens is 1. The SMILES string of the molecule is Cc1ccccc1-c1ccc(CB=O)cn1. The first-order chi connectivity index (χ1) is 7.81. The summed E-state index contributed by atoms with van der Waals surface area (Å²) in [6.45, 7) is 2.07. The van der Waals surface area contributed by atoms with Gasteiger partial charge in [-0.1, -0.05) is 0 Å². The Bertz CT molecular complexity index is 494. The topological polar surface area (TPSA) is 30.0 Å². The standard InChI is InChI=1S/C13H12BNO/c1-10-4-2-3-5-12(10)13-7-6-11(8-14-16)9-15-13/h2-7,9H,8H2,1H3. The third-order valence-corrected chi connectivity index (χ3v) is 2.56. The van der Waals surface area contributed by atoms with E-state index in [1.165, 1.54) is 5.56 Å². The molecule has 0 bridgehead atoms. The summed E-state index contributed by atoms with van der Waals surface area (Å²) in [6, 6.07) is 12.0. The van der Waals surface area contributed by atoms with E-state index < -0.39 is 0 Å². The molecule has 78 valence electrons. The Morgan fingerprint density at radius 2 is 2.00 bits per heavy atom. The van der Waals surface area contributed by atoms with Crippen LogP contribution < -0.4 is 0 Å². The van der Waals surface area contributed by atoms with Crippen LogP contribution in [0.1, 0.15) is 11.1 Å². The third-order valence-electron chi connectivity index (χ3n) is 2.56. The van der Waals surface area contributed by atoms with Gasteiger partial charge in [-0.05, 0) is 0 Å². The molecule has 0 spiro atoms. The molecule has 16 heavy (non-hydrogen) atoms. The Kier molecular flexibility index (Phi) is 3.25. The fraction of sp³-hybridized carbons (Fsp3) is 0.154. The number of benzene rings is 1. The average Bonchev–Trinajstić information content (AvgIpc) is 2.31. The molecule has 1 aromatic carbocycles. The van der Waals surface area contributed by atoms with Crippen molar-refractivity contribution >= 4 is 7.15 Å². The van der Waals surface area contributed by atoms with Crippen molar-refractivity contribution in [3.63, 3.8) is 0 Å². The number of hydrogen-bond donors (Lipinski definition) is 0. The normalized spacial score (nSPS) is 9.81. The van der Waals surface area contributed by atoms with Gasteiger partial charge in [0.1, 0.15) is 0 Å². The summed E-state index contributed by atoms with van der Waals surface area (Å²) in [5, 5.41) is 0. The first kappa shape index (κ1) is 10.7. The summed E-state index contributed by atoms with van der Waals surface area (Å²) in [6.07, 6.45) is 2.19. The summed E-state index contributed by atoms with van der Waals surface area (Å²) in [5.74, 6) is 0. The number of nitrogens with zero attached hydrogens (tertiary/aromatic N) is 1. The molecule has 0 fully saturated rings. The van der Waals surface area contributed by atoms with Crippen LogP contribution in [0.25, 0.3) is 11.3 Å². The zero-order chi connectivity index (χ0) is 11.4. The van der Waals surface area contributed by atoms with Crippen LogP contribution >= 0.6 is 0 Å². The Labute approximate surface area is 95.6 Å². The van der Waals surface area contributed by atoms with Gasteiger partial charge < -0.3 is 0 Å². The average molecular weight is 209 g/mol. The van der Waals surface area contributed by atoms with Crippen LogP contribution in [0.15, 0.2) is 42.6 Å². The molecule has 1 aromatic heterocycles. The van der Waals surface area contributed by atoms with Crippen molar-refractivity contribution in [2.24, 2.45) is 0 Å². The second kappa shape index (κ2) is 4.84. The van der Waals surface area contributed by atoms with Gasteiger partial charge in [0.05, 0.1) is 0 Å². The van der Waals surface area contributed by atoms with Gasteiger partial charge in [0.25, 0.3) is 0 Å². The van der Waals surface area contributed by atoms with E-state index >= 15 is 0 Å². The van der Waals surface area contributed by atoms with Crippen molar-refractivity contribution in [1.29, 1.82) is 0 Å². The molecule has 2 rings (SSSR count). The first-order valence-electron chi connectivity index (χ1n) is 5.26. The summed E-state index contributed by atoms with van der Waals surface area (Å²) in [4.78, 5) is 4.37. The minimum absolute atomic E-state index is 0.432. The van der Waals surface area contributed by atoms with E-state index in [0.717, 1.165) is 24.0 Å². The van der Waals surface area contributed by atoms with Crippen molar-refractivity contribution in [3.05, 3.63) is 53.7 Å². The number of pyridine rings is 1. The summed E-state index contributed by atoms with van der Waals surface area (Å²) < 4.78 is 10.4. The third kappa shape index (κ3) is 2.24. The van der Waals surface area contributed by atoms with E-state index in [9.17, 15) is 4.70 Å². The molecule has 0 saturated heterocycles. The second-order valence-electron chi connectivity index (χ2n) is 3.74.